The van der Waals surface area contributed by atoms with Crippen LogP contribution in [0.4, 0.5) is 4.79 Å². The maximum atomic E-state index is 13.5. The first-order valence-electron chi connectivity index (χ1n) is 9.60. The van der Waals surface area contributed by atoms with Crippen LogP contribution in [0.2, 0.25) is 0 Å². The van der Waals surface area contributed by atoms with Gasteiger partial charge in [-0.05, 0) is 23.3 Å². The highest BCUT2D eigenvalue weighted by atomic mass is 16.5. The van der Waals surface area contributed by atoms with E-state index in [0.29, 0.717) is 12.2 Å². The standard InChI is InChI=1S/C24H22N2O3/c27-22-24(20-12-6-2-7-13-20,18-19-10-4-1-5-11-19)25-23(28)26(22)16-17-29-21-14-8-3-9-15-21/h1-15H,16-18H2,(H,25,28)/t24-/m1/s1. The lowest BCUT2D eigenvalue weighted by molar-refractivity contribution is -0.131. The number of hydrogen-bond donors (Lipinski definition) is 1. The third-order valence-electron chi connectivity index (χ3n) is 5.08. The van der Waals surface area contributed by atoms with Crippen molar-refractivity contribution in [3.8, 4) is 5.75 Å². The zero-order valence-electron chi connectivity index (χ0n) is 16.0. The van der Waals surface area contributed by atoms with Gasteiger partial charge in [-0.2, -0.15) is 0 Å². The zero-order chi connectivity index (χ0) is 20.1. The summed E-state index contributed by atoms with van der Waals surface area (Å²) < 4.78 is 5.68. The molecule has 0 aromatic heterocycles. The minimum absolute atomic E-state index is 0.183. The Morgan fingerprint density at radius 2 is 1.38 bits per heavy atom. The first-order valence-corrected chi connectivity index (χ1v) is 9.60. The molecule has 1 saturated heterocycles. The molecule has 3 aromatic rings. The van der Waals surface area contributed by atoms with E-state index in [-0.39, 0.29) is 19.1 Å². The number of hydrogen-bond acceptors (Lipinski definition) is 3. The smallest absolute Gasteiger partial charge is 0.325 e. The number of benzene rings is 3. The Hall–Kier alpha value is -3.60. The third kappa shape index (κ3) is 3.85. The molecular weight excluding hydrogens is 364 g/mol. The van der Waals surface area contributed by atoms with E-state index >= 15 is 0 Å². The monoisotopic (exact) mass is 386 g/mol. The number of para-hydroxylation sites is 1. The molecule has 0 aliphatic carbocycles. The van der Waals surface area contributed by atoms with Crippen molar-refractivity contribution in [1.82, 2.24) is 10.2 Å². The van der Waals surface area contributed by atoms with Gasteiger partial charge in [0.05, 0.1) is 6.54 Å². The number of nitrogens with one attached hydrogen (secondary N) is 1. The van der Waals surface area contributed by atoms with Gasteiger partial charge in [0.25, 0.3) is 5.91 Å². The Morgan fingerprint density at radius 1 is 0.793 bits per heavy atom. The van der Waals surface area contributed by atoms with Crippen LogP contribution in [-0.2, 0) is 16.8 Å². The highest BCUT2D eigenvalue weighted by Crippen LogP contribution is 2.32. The summed E-state index contributed by atoms with van der Waals surface area (Å²) in [6, 6.07) is 28.1. The Kier molecular flexibility index (Phi) is 5.29. The van der Waals surface area contributed by atoms with Crippen LogP contribution in [0.1, 0.15) is 11.1 Å². The number of amides is 3. The minimum Gasteiger partial charge on any atom is -0.492 e. The Morgan fingerprint density at radius 3 is 2.03 bits per heavy atom. The van der Waals surface area contributed by atoms with Gasteiger partial charge in [0.15, 0.2) is 5.54 Å². The lowest BCUT2D eigenvalue weighted by atomic mass is 9.83. The number of ether oxygens (including phenoxy) is 1. The molecule has 0 bridgehead atoms. The lowest BCUT2D eigenvalue weighted by Gasteiger charge is -2.27. The van der Waals surface area contributed by atoms with Crippen molar-refractivity contribution in [2.24, 2.45) is 0 Å². The van der Waals surface area contributed by atoms with E-state index in [0.717, 1.165) is 11.1 Å². The van der Waals surface area contributed by atoms with Crippen molar-refractivity contribution in [3.05, 3.63) is 102 Å². The number of nitrogens with zero attached hydrogens (tertiary/aromatic N) is 1. The number of imide groups is 1. The maximum Gasteiger partial charge on any atom is 0.325 e. The quantitative estimate of drug-likeness (QED) is 0.629. The van der Waals surface area contributed by atoms with Crippen molar-refractivity contribution in [2.75, 3.05) is 13.2 Å². The normalized spacial score (nSPS) is 18.6. The molecular formula is C24H22N2O3. The summed E-state index contributed by atoms with van der Waals surface area (Å²) in [5.74, 6) is 0.451. The van der Waals surface area contributed by atoms with Crippen LogP contribution in [0.3, 0.4) is 0 Å². The Labute approximate surface area is 169 Å². The molecule has 1 heterocycles. The number of carbonyl (C=O) groups is 2. The summed E-state index contributed by atoms with van der Waals surface area (Å²) in [5.41, 5.74) is 0.632. The minimum atomic E-state index is -1.12. The van der Waals surface area contributed by atoms with E-state index in [1.165, 1.54) is 4.90 Å². The molecule has 3 aromatic carbocycles. The van der Waals surface area contributed by atoms with Crippen molar-refractivity contribution < 1.29 is 14.3 Å². The molecule has 1 aliphatic heterocycles. The van der Waals surface area contributed by atoms with Gasteiger partial charge in [0, 0.05) is 6.42 Å². The molecule has 5 nitrogen and oxygen atoms in total. The van der Waals surface area contributed by atoms with Gasteiger partial charge in [0.2, 0.25) is 0 Å². The molecule has 1 N–H and O–H groups in total. The van der Waals surface area contributed by atoms with Crippen LogP contribution in [0.5, 0.6) is 5.75 Å². The summed E-state index contributed by atoms with van der Waals surface area (Å²) in [6.07, 6.45) is 0.387. The van der Waals surface area contributed by atoms with E-state index in [4.69, 9.17) is 4.74 Å². The molecule has 146 valence electrons. The van der Waals surface area contributed by atoms with Crippen molar-refractivity contribution in [3.63, 3.8) is 0 Å². The first-order chi connectivity index (χ1) is 14.2. The summed E-state index contributed by atoms with van der Waals surface area (Å²) in [4.78, 5) is 27.5. The summed E-state index contributed by atoms with van der Waals surface area (Å²) >= 11 is 0. The fourth-order valence-electron chi connectivity index (χ4n) is 3.64. The van der Waals surface area contributed by atoms with Crippen molar-refractivity contribution >= 4 is 11.9 Å². The average Bonchev–Trinajstić information content (AvgIpc) is 3.01. The molecule has 4 rings (SSSR count). The van der Waals surface area contributed by atoms with Gasteiger partial charge in [-0.3, -0.25) is 9.69 Å². The highest BCUT2D eigenvalue weighted by Gasteiger charge is 2.52. The molecule has 0 saturated carbocycles. The Bertz CT molecular complexity index is 977. The van der Waals surface area contributed by atoms with E-state index < -0.39 is 11.6 Å². The SMILES string of the molecule is O=C1N[C@](Cc2ccccc2)(c2ccccc2)C(=O)N1CCOc1ccccc1. The molecule has 1 atom stereocenters. The molecule has 3 amide bonds. The van der Waals surface area contributed by atoms with Gasteiger partial charge in [-0.15, -0.1) is 0 Å². The van der Waals surface area contributed by atoms with E-state index in [1.54, 1.807) is 0 Å². The van der Waals surface area contributed by atoms with Crippen LogP contribution in [0, 0.1) is 0 Å². The Balaban J connectivity index is 1.57. The fourth-order valence-corrected chi connectivity index (χ4v) is 3.64. The second kappa shape index (κ2) is 8.19. The van der Waals surface area contributed by atoms with Crippen LogP contribution >= 0.6 is 0 Å². The topological polar surface area (TPSA) is 58.6 Å². The fraction of sp³-hybridized carbons (Fsp3) is 0.167. The second-order valence-corrected chi connectivity index (χ2v) is 6.98. The number of carbonyl (C=O) groups excluding carboxylic acids is 2. The highest BCUT2D eigenvalue weighted by molar-refractivity contribution is 6.07. The molecule has 1 fully saturated rings. The van der Waals surface area contributed by atoms with E-state index in [1.807, 2.05) is 91.0 Å². The number of rotatable bonds is 7. The number of urea groups is 1. The summed E-state index contributed by atoms with van der Waals surface area (Å²) in [5, 5.41) is 2.96. The molecule has 29 heavy (non-hydrogen) atoms. The van der Waals surface area contributed by atoms with Crippen molar-refractivity contribution in [2.45, 2.75) is 12.0 Å². The average molecular weight is 386 g/mol. The second-order valence-electron chi connectivity index (χ2n) is 6.98. The predicted molar refractivity (Wildman–Crippen MR) is 110 cm³/mol. The van der Waals surface area contributed by atoms with Crippen LogP contribution in [0.25, 0.3) is 0 Å². The lowest BCUT2D eigenvalue weighted by Crippen LogP contribution is -2.46. The van der Waals surface area contributed by atoms with E-state index in [2.05, 4.69) is 5.32 Å². The van der Waals surface area contributed by atoms with Gasteiger partial charge < -0.3 is 10.1 Å². The van der Waals surface area contributed by atoms with Crippen LogP contribution in [0.15, 0.2) is 91.0 Å². The zero-order valence-corrected chi connectivity index (χ0v) is 16.0. The first kappa shape index (κ1) is 18.7. The van der Waals surface area contributed by atoms with Gasteiger partial charge in [-0.1, -0.05) is 78.9 Å². The molecule has 0 radical (unpaired) electrons. The molecule has 0 unspecified atom stereocenters. The van der Waals surface area contributed by atoms with Gasteiger partial charge >= 0.3 is 6.03 Å². The summed E-state index contributed by atoms with van der Waals surface area (Å²) in [6.45, 7) is 0.419. The molecule has 0 spiro atoms. The molecule has 1 aliphatic rings. The van der Waals surface area contributed by atoms with Gasteiger partial charge in [-0.25, -0.2) is 4.79 Å². The molecule has 5 heteroatoms. The van der Waals surface area contributed by atoms with Crippen LogP contribution < -0.4 is 10.1 Å². The van der Waals surface area contributed by atoms with Gasteiger partial charge in [0.1, 0.15) is 12.4 Å². The maximum absolute atomic E-state index is 13.5. The van der Waals surface area contributed by atoms with E-state index in [9.17, 15) is 9.59 Å². The third-order valence-corrected chi connectivity index (χ3v) is 5.08. The summed E-state index contributed by atoms with van der Waals surface area (Å²) in [7, 11) is 0. The van der Waals surface area contributed by atoms with Crippen LogP contribution in [-0.4, -0.2) is 30.0 Å². The van der Waals surface area contributed by atoms with Crippen molar-refractivity contribution in [1.29, 1.82) is 0 Å². The predicted octanol–water partition coefficient (Wildman–Crippen LogP) is 3.76. The largest absolute Gasteiger partial charge is 0.492 e.